The quantitative estimate of drug-likeness (QED) is 0.458. The lowest BCUT2D eigenvalue weighted by molar-refractivity contribution is -0.122. The number of imide groups is 1. The fourth-order valence-electron chi connectivity index (χ4n) is 4.16. The van der Waals surface area contributed by atoms with Crippen LogP contribution in [0.4, 0.5) is 5.69 Å². The van der Waals surface area contributed by atoms with Gasteiger partial charge in [-0.3, -0.25) is 14.5 Å². The van der Waals surface area contributed by atoms with E-state index in [0.29, 0.717) is 22.9 Å². The number of ether oxygens (including phenoxy) is 1. The maximum Gasteiger partial charge on any atom is 0.343 e. The molecule has 2 fully saturated rings. The summed E-state index contributed by atoms with van der Waals surface area (Å²) in [7, 11) is 0. The highest BCUT2D eigenvalue weighted by Crippen LogP contribution is 2.42. The van der Waals surface area contributed by atoms with E-state index in [0.717, 1.165) is 24.8 Å². The highest BCUT2D eigenvalue weighted by Gasteiger charge is 2.49. The number of anilines is 1. The normalized spacial score (nSPS) is 24.2. The van der Waals surface area contributed by atoms with E-state index in [-0.39, 0.29) is 23.7 Å². The largest absolute Gasteiger partial charge is 0.423 e. The van der Waals surface area contributed by atoms with Gasteiger partial charge in [0.25, 0.3) is 0 Å². The molecule has 5 nitrogen and oxygen atoms in total. The van der Waals surface area contributed by atoms with Crippen molar-refractivity contribution in [1.29, 1.82) is 0 Å². The van der Waals surface area contributed by atoms with Crippen LogP contribution in [-0.4, -0.2) is 17.8 Å². The van der Waals surface area contributed by atoms with Gasteiger partial charge in [0.15, 0.2) is 0 Å². The van der Waals surface area contributed by atoms with Gasteiger partial charge in [0.2, 0.25) is 11.8 Å². The molecule has 5 heteroatoms. The molecule has 0 unspecified atom stereocenters. The molecule has 0 N–H and O–H groups in total. The predicted molar refractivity (Wildman–Crippen MR) is 105 cm³/mol. The standard InChI is InChI=1S/C23H23NO4/c1-14-3-6-16(7-4-14)23(27)28-18-10-8-17(9-11-18)24-21(25)19-12-5-15(2)13-20(19)22(24)26/h3-4,6-11,15,19-20H,5,12-13H2,1-2H3/t15-,19+,20+/m0/s1. The summed E-state index contributed by atoms with van der Waals surface area (Å²) in [4.78, 5) is 39.1. The van der Waals surface area contributed by atoms with Crippen molar-refractivity contribution in [2.45, 2.75) is 33.1 Å². The van der Waals surface area contributed by atoms with Gasteiger partial charge in [0.05, 0.1) is 23.1 Å². The third-order valence-corrected chi connectivity index (χ3v) is 5.78. The summed E-state index contributed by atoms with van der Waals surface area (Å²) in [5, 5.41) is 0. The summed E-state index contributed by atoms with van der Waals surface area (Å²) >= 11 is 0. The Morgan fingerprint density at radius 1 is 0.929 bits per heavy atom. The number of carbonyl (C=O) groups excluding carboxylic acids is 3. The Balaban J connectivity index is 1.49. The molecule has 3 atom stereocenters. The highest BCUT2D eigenvalue weighted by atomic mass is 16.5. The monoisotopic (exact) mass is 377 g/mol. The number of hydrogen-bond acceptors (Lipinski definition) is 4. The van der Waals surface area contributed by atoms with Crippen LogP contribution in [0.15, 0.2) is 48.5 Å². The number of amides is 2. The highest BCUT2D eigenvalue weighted by molar-refractivity contribution is 6.22. The molecule has 2 aromatic carbocycles. The zero-order valence-electron chi connectivity index (χ0n) is 16.1. The minimum atomic E-state index is -0.443. The Labute approximate surface area is 164 Å². The van der Waals surface area contributed by atoms with Crippen LogP contribution in [0.2, 0.25) is 0 Å². The van der Waals surface area contributed by atoms with E-state index in [2.05, 4.69) is 6.92 Å². The molecule has 1 aliphatic carbocycles. The van der Waals surface area contributed by atoms with Crippen LogP contribution >= 0.6 is 0 Å². The van der Waals surface area contributed by atoms with Crippen molar-refractivity contribution in [2.75, 3.05) is 4.90 Å². The summed E-state index contributed by atoms with van der Waals surface area (Å²) in [5.41, 5.74) is 2.07. The second kappa shape index (κ2) is 7.23. The Morgan fingerprint density at radius 3 is 2.25 bits per heavy atom. The van der Waals surface area contributed by atoms with Crippen molar-refractivity contribution in [2.24, 2.45) is 17.8 Å². The first-order valence-electron chi connectivity index (χ1n) is 9.71. The molecule has 28 heavy (non-hydrogen) atoms. The molecule has 0 spiro atoms. The zero-order valence-corrected chi connectivity index (χ0v) is 16.1. The van der Waals surface area contributed by atoms with Gasteiger partial charge in [-0.1, -0.05) is 24.6 Å². The van der Waals surface area contributed by atoms with Gasteiger partial charge in [0.1, 0.15) is 5.75 Å². The summed E-state index contributed by atoms with van der Waals surface area (Å²) in [5.74, 6) is -0.197. The zero-order chi connectivity index (χ0) is 19.8. The van der Waals surface area contributed by atoms with Crippen molar-refractivity contribution in [3.63, 3.8) is 0 Å². The summed E-state index contributed by atoms with van der Waals surface area (Å²) in [6.07, 6.45) is 2.54. The average molecular weight is 377 g/mol. The Bertz CT molecular complexity index is 917. The first kappa shape index (κ1) is 18.4. The maximum absolute atomic E-state index is 12.8. The van der Waals surface area contributed by atoms with E-state index in [4.69, 9.17) is 4.74 Å². The van der Waals surface area contributed by atoms with Crippen LogP contribution in [-0.2, 0) is 9.59 Å². The number of esters is 1. The molecule has 0 bridgehead atoms. The van der Waals surface area contributed by atoms with Crippen LogP contribution in [0.5, 0.6) is 5.75 Å². The lowest BCUT2D eigenvalue weighted by Gasteiger charge is -2.25. The number of rotatable bonds is 3. The smallest absolute Gasteiger partial charge is 0.343 e. The molecule has 4 rings (SSSR count). The molecule has 0 radical (unpaired) electrons. The minimum Gasteiger partial charge on any atom is -0.423 e. The van der Waals surface area contributed by atoms with Gasteiger partial charge in [-0.15, -0.1) is 0 Å². The number of benzene rings is 2. The molecule has 144 valence electrons. The maximum atomic E-state index is 12.8. The van der Waals surface area contributed by atoms with Crippen molar-refractivity contribution in [3.05, 3.63) is 59.7 Å². The summed E-state index contributed by atoms with van der Waals surface area (Å²) < 4.78 is 5.39. The van der Waals surface area contributed by atoms with Crippen molar-refractivity contribution < 1.29 is 19.1 Å². The van der Waals surface area contributed by atoms with E-state index in [1.807, 2.05) is 19.1 Å². The van der Waals surface area contributed by atoms with E-state index in [1.54, 1.807) is 36.4 Å². The van der Waals surface area contributed by atoms with Gasteiger partial charge < -0.3 is 4.74 Å². The number of carbonyl (C=O) groups is 3. The summed E-state index contributed by atoms with van der Waals surface area (Å²) in [6.45, 7) is 4.08. The number of fused-ring (bicyclic) bond motifs is 1. The summed E-state index contributed by atoms with van der Waals surface area (Å²) in [6, 6.07) is 13.7. The minimum absolute atomic E-state index is 0.105. The molecule has 2 aromatic rings. The van der Waals surface area contributed by atoms with Crippen molar-refractivity contribution >= 4 is 23.5 Å². The fraction of sp³-hybridized carbons (Fsp3) is 0.348. The van der Waals surface area contributed by atoms with Gasteiger partial charge in [-0.25, -0.2) is 4.79 Å². The van der Waals surface area contributed by atoms with Gasteiger partial charge in [-0.05, 0) is 68.5 Å². The first-order chi connectivity index (χ1) is 13.4. The van der Waals surface area contributed by atoms with Crippen LogP contribution in [0.1, 0.15) is 42.1 Å². The second-order valence-corrected chi connectivity index (χ2v) is 7.89. The molecule has 1 heterocycles. The fourth-order valence-corrected chi connectivity index (χ4v) is 4.16. The lowest BCUT2D eigenvalue weighted by Crippen LogP contribution is -2.30. The third kappa shape index (κ3) is 3.33. The van der Waals surface area contributed by atoms with Gasteiger partial charge in [0, 0.05) is 0 Å². The topological polar surface area (TPSA) is 63.7 Å². The molecular formula is C23H23NO4. The van der Waals surface area contributed by atoms with Crippen LogP contribution in [0.25, 0.3) is 0 Å². The van der Waals surface area contributed by atoms with E-state index in [1.165, 1.54) is 4.90 Å². The second-order valence-electron chi connectivity index (χ2n) is 7.89. The first-order valence-corrected chi connectivity index (χ1v) is 9.71. The molecular weight excluding hydrogens is 354 g/mol. The Kier molecular flexibility index (Phi) is 4.75. The van der Waals surface area contributed by atoms with Crippen molar-refractivity contribution in [3.8, 4) is 5.75 Å². The molecule has 1 saturated heterocycles. The average Bonchev–Trinajstić information content (AvgIpc) is 2.93. The van der Waals surface area contributed by atoms with Crippen LogP contribution in [0.3, 0.4) is 0 Å². The van der Waals surface area contributed by atoms with Crippen LogP contribution in [0, 0.1) is 24.7 Å². The van der Waals surface area contributed by atoms with E-state index < -0.39 is 5.97 Å². The number of nitrogens with zero attached hydrogens (tertiary/aromatic N) is 1. The molecule has 2 aliphatic rings. The Morgan fingerprint density at radius 2 is 1.57 bits per heavy atom. The van der Waals surface area contributed by atoms with Gasteiger partial charge in [-0.2, -0.15) is 0 Å². The third-order valence-electron chi connectivity index (χ3n) is 5.78. The SMILES string of the molecule is Cc1ccc(C(=O)Oc2ccc(N3C(=O)[C@@H]4CC[C@H](C)C[C@H]4C3=O)cc2)cc1. The molecule has 1 aliphatic heterocycles. The molecule has 2 amide bonds. The van der Waals surface area contributed by atoms with E-state index in [9.17, 15) is 14.4 Å². The molecule has 0 aromatic heterocycles. The molecule has 1 saturated carbocycles. The Hall–Kier alpha value is -2.95. The number of aryl methyl sites for hydroxylation is 1. The van der Waals surface area contributed by atoms with Gasteiger partial charge >= 0.3 is 5.97 Å². The lowest BCUT2D eigenvalue weighted by atomic mass is 9.76. The predicted octanol–water partition coefficient (Wildman–Crippen LogP) is 4.14. The van der Waals surface area contributed by atoms with Crippen molar-refractivity contribution in [1.82, 2.24) is 0 Å². The van der Waals surface area contributed by atoms with E-state index >= 15 is 0 Å². The number of hydrogen-bond donors (Lipinski definition) is 0. The van der Waals surface area contributed by atoms with Crippen LogP contribution < -0.4 is 9.64 Å².